The van der Waals surface area contributed by atoms with Crippen molar-refractivity contribution in [2.24, 2.45) is 0 Å². The molecule has 4 heteroatoms. The van der Waals surface area contributed by atoms with Crippen molar-refractivity contribution in [3.63, 3.8) is 0 Å². The van der Waals surface area contributed by atoms with E-state index in [4.69, 9.17) is 16.3 Å². The van der Waals surface area contributed by atoms with Crippen LogP contribution in [0.5, 0.6) is 5.75 Å². The van der Waals surface area contributed by atoms with Crippen molar-refractivity contribution in [3.8, 4) is 5.75 Å². The number of hydrogen-bond donors (Lipinski definition) is 0. The van der Waals surface area contributed by atoms with Crippen LogP contribution in [0.15, 0.2) is 90.5 Å². The van der Waals surface area contributed by atoms with Crippen molar-refractivity contribution >= 4 is 35.0 Å². The summed E-state index contributed by atoms with van der Waals surface area (Å²) in [6, 6.07) is 24.8. The highest BCUT2D eigenvalue weighted by atomic mass is 35.5. The molecule has 0 atom stereocenters. The molecule has 0 fully saturated rings. The van der Waals surface area contributed by atoms with Crippen LogP contribution in [0.25, 0.3) is 11.8 Å². The molecule has 0 spiro atoms. The van der Waals surface area contributed by atoms with E-state index < -0.39 is 0 Å². The Balaban J connectivity index is 1.78. The number of nitrogens with zero attached hydrogens (tertiary/aromatic N) is 1. The van der Waals surface area contributed by atoms with E-state index in [-0.39, 0.29) is 5.91 Å². The van der Waals surface area contributed by atoms with Crippen LogP contribution < -0.4 is 9.64 Å². The highest BCUT2D eigenvalue weighted by Crippen LogP contribution is 2.35. The molecule has 1 heterocycles. The van der Waals surface area contributed by atoms with Gasteiger partial charge in [0, 0.05) is 16.3 Å². The molecular formula is C24H18ClNO2. The van der Waals surface area contributed by atoms with Gasteiger partial charge in [-0.05, 0) is 59.7 Å². The molecule has 0 N–H and O–H groups in total. The Morgan fingerprint density at radius 1 is 0.893 bits per heavy atom. The predicted octanol–water partition coefficient (Wildman–Crippen LogP) is 5.82. The summed E-state index contributed by atoms with van der Waals surface area (Å²) in [6.45, 7) is 0. The maximum atomic E-state index is 13.2. The number of halogens is 1. The highest BCUT2D eigenvalue weighted by Gasteiger charge is 2.30. The average Bonchev–Trinajstić information content (AvgIpc) is 3.06. The molecule has 3 aromatic carbocycles. The first-order valence-corrected chi connectivity index (χ1v) is 9.26. The Labute approximate surface area is 169 Å². The topological polar surface area (TPSA) is 29.5 Å². The van der Waals surface area contributed by atoms with Gasteiger partial charge in [-0.2, -0.15) is 0 Å². The van der Waals surface area contributed by atoms with Crippen LogP contribution >= 0.6 is 11.6 Å². The Morgan fingerprint density at radius 3 is 2.21 bits per heavy atom. The second-order valence-corrected chi connectivity index (χ2v) is 6.82. The number of para-hydroxylation sites is 1. The van der Waals surface area contributed by atoms with Gasteiger partial charge in [0.25, 0.3) is 5.91 Å². The van der Waals surface area contributed by atoms with Crippen LogP contribution in [0, 0.1) is 0 Å². The smallest absolute Gasteiger partial charge is 0.262 e. The number of carbonyl (C=O) groups excluding carboxylic acids is 1. The molecule has 0 radical (unpaired) electrons. The minimum atomic E-state index is -0.0630. The minimum absolute atomic E-state index is 0.0630. The first kappa shape index (κ1) is 18.1. The third-order valence-electron chi connectivity index (χ3n) is 4.58. The van der Waals surface area contributed by atoms with Gasteiger partial charge in [0.15, 0.2) is 0 Å². The summed E-state index contributed by atoms with van der Waals surface area (Å²) in [5, 5.41) is 0.661. The lowest BCUT2D eigenvalue weighted by molar-refractivity contribution is -0.113. The van der Waals surface area contributed by atoms with Crippen LogP contribution in [-0.2, 0) is 4.79 Å². The van der Waals surface area contributed by atoms with E-state index in [2.05, 4.69) is 0 Å². The van der Waals surface area contributed by atoms with Gasteiger partial charge < -0.3 is 4.74 Å². The van der Waals surface area contributed by atoms with Crippen molar-refractivity contribution in [2.75, 3.05) is 12.0 Å². The summed E-state index contributed by atoms with van der Waals surface area (Å²) in [5.74, 6) is 0.718. The molecule has 4 rings (SSSR count). The number of methoxy groups -OCH3 is 1. The molecule has 138 valence electrons. The fourth-order valence-electron chi connectivity index (χ4n) is 3.16. The van der Waals surface area contributed by atoms with E-state index in [0.717, 1.165) is 28.3 Å². The molecule has 0 unspecified atom stereocenters. The number of rotatable bonds is 4. The van der Waals surface area contributed by atoms with Gasteiger partial charge in [-0.25, -0.2) is 0 Å². The zero-order valence-electron chi connectivity index (χ0n) is 15.3. The van der Waals surface area contributed by atoms with E-state index in [1.807, 2.05) is 91.0 Å². The molecule has 1 aliphatic heterocycles. The highest BCUT2D eigenvalue weighted by molar-refractivity contribution is 6.30. The van der Waals surface area contributed by atoms with Gasteiger partial charge >= 0.3 is 0 Å². The second-order valence-electron chi connectivity index (χ2n) is 6.39. The first-order valence-electron chi connectivity index (χ1n) is 8.88. The Bertz CT molecular complexity index is 1050. The fraction of sp³-hybridized carbons (Fsp3) is 0.0417. The Kier molecular flexibility index (Phi) is 5.00. The lowest BCUT2D eigenvalue weighted by atomic mass is 10.1. The van der Waals surface area contributed by atoms with Gasteiger partial charge in [0.05, 0.1) is 12.8 Å². The standard InChI is InChI=1S/C24H18ClNO2/c1-28-22-13-7-17(8-14-22)15-19-16-23(18-9-11-20(25)12-10-18)26(24(19)27)21-5-3-2-4-6-21/h2-16H,1H3/b19-15-. The quantitative estimate of drug-likeness (QED) is 0.528. The zero-order chi connectivity index (χ0) is 19.5. The number of ether oxygens (including phenoxy) is 1. The van der Waals surface area contributed by atoms with Crippen molar-refractivity contribution < 1.29 is 9.53 Å². The van der Waals surface area contributed by atoms with Crippen LogP contribution in [0.4, 0.5) is 5.69 Å². The fourth-order valence-corrected chi connectivity index (χ4v) is 3.29. The van der Waals surface area contributed by atoms with E-state index in [0.29, 0.717) is 10.6 Å². The largest absolute Gasteiger partial charge is 0.497 e. The second kappa shape index (κ2) is 7.75. The van der Waals surface area contributed by atoms with Crippen LogP contribution in [0.2, 0.25) is 5.02 Å². The molecule has 0 saturated carbocycles. The summed E-state index contributed by atoms with van der Waals surface area (Å²) < 4.78 is 5.20. The van der Waals surface area contributed by atoms with Gasteiger partial charge in [0.2, 0.25) is 0 Å². The van der Waals surface area contributed by atoms with Crippen molar-refractivity contribution in [3.05, 3.63) is 107 Å². The van der Waals surface area contributed by atoms with Gasteiger partial charge in [-0.1, -0.05) is 54.1 Å². The number of carbonyl (C=O) groups is 1. The van der Waals surface area contributed by atoms with Gasteiger partial charge in [0.1, 0.15) is 5.75 Å². The van der Waals surface area contributed by atoms with Crippen molar-refractivity contribution in [1.82, 2.24) is 0 Å². The molecule has 0 saturated heterocycles. The average molecular weight is 388 g/mol. The molecule has 0 aliphatic carbocycles. The van der Waals surface area contributed by atoms with Crippen LogP contribution in [-0.4, -0.2) is 13.0 Å². The number of anilines is 1. The van der Waals surface area contributed by atoms with Crippen LogP contribution in [0.3, 0.4) is 0 Å². The summed E-state index contributed by atoms with van der Waals surface area (Å²) in [4.78, 5) is 15.0. The molecular weight excluding hydrogens is 370 g/mol. The molecule has 0 bridgehead atoms. The molecule has 3 aromatic rings. The Morgan fingerprint density at radius 2 is 1.57 bits per heavy atom. The summed E-state index contributed by atoms with van der Waals surface area (Å²) >= 11 is 6.04. The van der Waals surface area contributed by atoms with Crippen molar-refractivity contribution in [1.29, 1.82) is 0 Å². The van der Waals surface area contributed by atoms with E-state index >= 15 is 0 Å². The summed E-state index contributed by atoms with van der Waals surface area (Å²) in [6.07, 6.45) is 3.81. The maximum absolute atomic E-state index is 13.2. The summed E-state index contributed by atoms with van der Waals surface area (Å²) in [7, 11) is 1.63. The normalized spacial score (nSPS) is 15.1. The SMILES string of the molecule is COc1ccc(/C=C2/C=C(c3ccc(Cl)cc3)N(c3ccccc3)C2=O)cc1. The molecule has 28 heavy (non-hydrogen) atoms. The lowest BCUT2D eigenvalue weighted by Crippen LogP contribution is -2.24. The van der Waals surface area contributed by atoms with Crippen molar-refractivity contribution in [2.45, 2.75) is 0 Å². The minimum Gasteiger partial charge on any atom is -0.497 e. The maximum Gasteiger partial charge on any atom is 0.262 e. The third kappa shape index (κ3) is 3.57. The van der Waals surface area contributed by atoms with Gasteiger partial charge in [-0.15, -0.1) is 0 Å². The van der Waals surface area contributed by atoms with Crippen LogP contribution in [0.1, 0.15) is 11.1 Å². The molecule has 1 amide bonds. The number of hydrogen-bond acceptors (Lipinski definition) is 2. The predicted molar refractivity (Wildman–Crippen MR) is 114 cm³/mol. The first-order chi connectivity index (χ1) is 13.7. The lowest BCUT2D eigenvalue weighted by Gasteiger charge is -2.20. The molecule has 1 aliphatic rings. The monoisotopic (exact) mass is 387 g/mol. The zero-order valence-corrected chi connectivity index (χ0v) is 16.1. The van der Waals surface area contributed by atoms with E-state index in [9.17, 15) is 4.79 Å². The van der Waals surface area contributed by atoms with E-state index in [1.165, 1.54) is 0 Å². The third-order valence-corrected chi connectivity index (χ3v) is 4.83. The molecule has 0 aromatic heterocycles. The summed E-state index contributed by atoms with van der Waals surface area (Å²) in [5.41, 5.74) is 4.14. The number of benzene rings is 3. The Hall–Kier alpha value is -3.30. The number of amides is 1. The van der Waals surface area contributed by atoms with E-state index in [1.54, 1.807) is 12.0 Å². The van der Waals surface area contributed by atoms with Gasteiger partial charge in [-0.3, -0.25) is 9.69 Å². The molecule has 3 nitrogen and oxygen atoms in total.